The Morgan fingerprint density at radius 1 is 1.14 bits per heavy atom. The number of aryl methyl sites for hydroxylation is 1. The molecule has 0 radical (unpaired) electrons. The molecule has 1 N–H and O–H groups in total. The van der Waals surface area contributed by atoms with Gasteiger partial charge < -0.3 is 19.2 Å². The molecular formula is C22H21NO6. The van der Waals surface area contributed by atoms with Crippen molar-refractivity contribution < 1.29 is 23.5 Å². The minimum Gasteiger partial charge on any atom is -0.492 e. The van der Waals surface area contributed by atoms with Gasteiger partial charge in [0.2, 0.25) is 5.76 Å². The van der Waals surface area contributed by atoms with Crippen LogP contribution in [0.5, 0.6) is 5.75 Å². The number of fused-ring (bicyclic) bond motifs is 1. The molecule has 0 spiro atoms. The molecule has 0 saturated heterocycles. The second-order valence-corrected chi connectivity index (χ2v) is 6.44. The van der Waals surface area contributed by atoms with Crippen LogP contribution in [0.25, 0.3) is 11.0 Å². The first-order valence-corrected chi connectivity index (χ1v) is 9.17. The predicted molar refractivity (Wildman–Crippen MR) is 108 cm³/mol. The van der Waals surface area contributed by atoms with Crippen molar-refractivity contribution in [3.8, 4) is 5.75 Å². The lowest BCUT2D eigenvalue weighted by atomic mass is 10.1. The Kier molecular flexibility index (Phi) is 5.97. The van der Waals surface area contributed by atoms with E-state index >= 15 is 0 Å². The largest absolute Gasteiger partial charge is 0.492 e. The highest BCUT2D eigenvalue weighted by molar-refractivity contribution is 5.97. The van der Waals surface area contributed by atoms with Crippen LogP contribution in [0.3, 0.4) is 0 Å². The third kappa shape index (κ3) is 4.63. The first-order valence-electron chi connectivity index (χ1n) is 9.17. The van der Waals surface area contributed by atoms with Crippen molar-refractivity contribution in [3.05, 3.63) is 70.1 Å². The molecule has 150 valence electrons. The van der Waals surface area contributed by atoms with Crippen molar-refractivity contribution in [2.75, 3.05) is 11.9 Å². The van der Waals surface area contributed by atoms with Gasteiger partial charge in [0.1, 0.15) is 11.3 Å². The normalized spacial score (nSPS) is 11.7. The molecule has 0 aliphatic rings. The van der Waals surface area contributed by atoms with Crippen LogP contribution in [0.1, 0.15) is 30.0 Å². The number of rotatable bonds is 6. The van der Waals surface area contributed by atoms with Crippen LogP contribution in [0.2, 0.25) is 0 Å². The van der Waals surface area contributed by atoms with Crippen molar-refractivity contribution in [2.45, 2.75) is 26.9 Å². The Balaban J connectivity index is 1.73. The number of amides is 1. The van der Waals surface area contributed by atoms with Gasteiger partial charge in [0.05, 0.1) is 17.7 Å². The zero-order valence-electron chi connectivity index (χ0n) is 16.4. The summed E-state index contributed by atoms with van der Waals surface area (Å²) in [5.74, 6) is -1.19. The average Bonchev–Trinajstić information content (AvgIpc) is 2.70. The van der Waals surface area contributed by atoms with Gasteiger partial charge in [-0.15, -0.1) is 0 Å². The second-order valence-electron chi connectivity index (χ2n) is 6.44. The number of esters is 1. The SMILES string of the molecule is CCOc1ccccc1NC(=O)[C@H](C)OC(=O)c1cc(=O)c2cc(C)ccc2o1. The Bertz CT molecular complexity index is 1120. The average molecular weight is 395 g/mol. The monoisotopic (exact) mass is 395 g/mol. The van der Waals surface area contributed by atoms with E-state index in [4.69, 9.17) is 13.9 Å². The van der Waals surface area contributed by atoms with Gasteiger partial charge in [-0.05, 0) is 45.0 Å². The molecule has 7 heteroatoms. The molecule has 2 aromatic carbocycles. The van der Waals surface area contributed by atoms with Crippen LogP contribution in [-0.2, 0) is 9.53 Å². The molecule has 0 bridgehead atoms. The maximum Gasteiger partial charge on any atom is 0.375 e. The summed E-state index contributed by atoms with van der Waals surface area (Å²) in [4.78, 5) is 37.1. The van der Waals surface area contributed by atoms with Crippen LogP contribution in [0.15, 0.2) is 57.7 Å². The number of carbonyl (C=O) groups excluding carboxylic acids is 2. The molecule has 29 heavy (non-hydrogen) atoms. The number of carbonyl (C=O) groups is 2. The van der Waals surface area contributed by atoms with Gasteiger partial charge in [-0.2, -0.15) is 0 Å². The van der Waals surface area contributed by atoms with Gasteiger partial charge in [-0.1, -0.05) is 23.8 Å². The highest BCUT2D eigenvalue weighted by atomic mass is 16.6. The number of hydrogen-bond acceptors (Lipinski definition) is 6. The van der Waals surface area contributed by atoms with E-state index in [0.717, 1.165) is 11.6 Å². The topological polar surface area (TPSA) is 94.8 Å². The van der Waals surface area contributed by atoms with E-state index in [9.17, 15) is 14.4 Å². The van der Waals surface area contributed by atoms with Gasteiger partial charge in [0.15, 0.2) is 11.5 Å². The molecule has 0 aliphatic heterocycles. The van der Waals surface area contributed by atoms with E-state index < -0.39 is 18.0 Å². The van der Waals surface area contributed by atoms with Crippen LogP contribution < -0.4 is 15.5 Å². The molecule has 0 aliphatic carbocycles. The number of anilines is 1. The molecule has 0 saturated carbocycles. The summed E-state index contributed by atoms with van der Waals surface area (Å²) in [6.07, 6.45) is -1.11. The van der Waals surface area contributed by atoms with E-state index in [1.54, 1.807) is 42.5 Å². The highest BCUT2D eigenvalue weighted by Gasteiger charge is 2.22. The lowest BCUT2D eigenvalue weighted by molar-refractivity contribution is -0.123. The predicted octanol–water partition coefficient (Wildman–Crippen LogP) is 3.68. The van der Waals surface area contributed by atoms with Crippen LogP contribution in [0.4, 0.5) is 5.69 Å². The summed E-state index contributed by atoms with van der Waals surface area (Å²) in [7, 11) is 0. The number of ether oxygens (including phenoxy) is 2. The molecule has 1 aromatic heterocycles. The lowest BCUT2D eigenvalue weighted by Crippen LogP contribution is -2.30. The fraction of sp³-hybridized carbons (Fsp3) is 0.227. The van der Waals surface area contributed by atoms with Crippen LogP contribution >= 0.6 is 0 Å². The molecule has 7 nitrogen and oxygen atoms in total. The van der Waals surface area contributed by atoms with Crippen molar-refractivity contribution in [1.82, 2.24) is 0 Å². The van der Waals surface area contributed by atoms with Crippen molar-refractivity contribution >= 4 is 28.5 Å². The summed E-state index contributed by atoms with van der Waals surface area (Å²) in [6, 6.07) is 13.1. The Morgan fingerprint density at radius 3 is 2.66 bits per heavy atom. The van der Waals surface area contributed by atoms with Crippen molar-refractivity contribution in [3.63, 3.8) is 0 Å². The summed E-state index contributed by atoms with van der Waals surface area (Å²) in [6.45, 7) is 5.56. The summed E-state index contributed by atoms with van der Waals surface area (Å²) in [5.41, 5.74) is 1.29. The molecule has 0 fully saturated rings. The van der Waals surface area contributed by atoms with Gasteiger partial charge in [0.25, 0.3) is 5.91 Å². The van der Waals surface area contributed by atoms with Gasteiger partial charge in [-0.25, -0.2) is 4.79 Å². The maximum atomic E-state index is 12.4. The standard InChI is InChI=1S/C22H21NO6/c1-4-27-19-8-6-5-7-16(19)23-21(25)14(3)28-22(26)20-12-17(24)15-11-13(2)9-10-18(15)29-20/h5-12,14H,4H2,1-3H3,(H,23,25)/t14-/m0/s1. The fourth-order valence-electron chi connectivity index (χ4n) is 2.73. The zero-order valence-corrected chi connectivity index (χ0v) is 16.4. The van der Waals surface area contributed by atoms with Crippen LogP contribution in [-0.4, -0.2) is 24.6 Å². The third-order valence-electron chi connectivity index (χ3n) is 4.18. The summed E-state index contributed by atoms with van der Waals surface area (Å²) >= 11 is 0. The third-order valence-corrected chi connectivity index (χ3v) is 4.18. The first-order chi connectivity index (χ1) is 13.9. The molecule has 3 rings (SSSR count). The molecule has 3 aromatic rings. The molecule has 1 amide bonds. The van der Waals surface area contributed by atoms with E-state index in [2.05, 4.69) is 5.32 Å². The summed E-state index contributed by atoms with van der Waals surface area (Å²) < 4.78 is 16.1. The first kappa shape index (κ1) is 20.1. The van der Waals surface area contributed by atoms with Gasteiger partial charge >= 0.3 is 5.97 Å². The Labute approximate surface area is 167 Å². The highest BCUT2D eigenvalue weighted by Crippen LogP contribution is 2.24. The Hall–Kier alpha value is -3.61. The van der Waals surface area contributed by atoms with Crippen molar-refractivity contribution in [2.24, 2.45) is 0 Å². The lowest BCUT2D eigenvalue weighted by Gasteiger charge is -2.15. The molecule has 0 unspecified atom stereocenters. The number of para-hydroxylation sites is 2. The number of nitrogens with one attached hydrogen (secondary N) is 1. The van der Waals surface area contributed by atoms with Gasteiger partial charge in [0, 0.05) is 6.07 Å². The molecular weight excluding hydrogens is 374 g/mol. The zero-order chi connectivity index (χ0) is 21.0. The summed E-state index contributed by atoms with van der Waals surface area (Å²) in [5, 5.41) is 3.04. The minimum absolute atomic E-state index is 0.263. The quantitative estimate of drug-likeness (QED) is 0.640. The fourth-order valence-corrected chi connectivity index (χ4v) is 2.73. The number of hydrogen-bond donors (Lipinski definition) is 1. The minimum atomic E-state index is -1.11. The molecule has 1 atom stereocenters. The smallest absolute Gasteiger partial charge is 0.375 e. The second kappa shape index (κ2) is 8.60. The van der Waals surface area contributed by atoms with Gasteiger partial charge in [-0.3, -0.25) is 9.59 Å². The maximum absolute atomic E-state index is 12.4. The molecule has 1 heterocycles. The van der Waals surface area contributed by atoms with E-state index in [0.29, 0.717) is 23.4 Å². The van der Waals surface area contributed by atoms with Crippen LogP contribution in [0, 0.1) is 6.92 Å². The number of benzene rings is 2. The van der Waals surface area contributed by atoms with E-state index in [1.165, 1.54) is 6.92 Å². The Morgan fingerprint density at radius 2 is 1.90 bits per heavy atom. The van der Waals surface area contributed by atoms with Crippen molar-refractivity contribution in [1.29, 1.82) is 0 Å². The van der Waals surface area contributed by atoms with E-state index in [1.807, 2.05) is 13.8 Å². The van der Waals surface area contributed by atoms with E-state index in [-0.39, 0.29) is 16.8 Å².